The number of ketones is 1. The Bertz CT molecular complexity index is 623. The Morgan fingerprint density at radius 2 is 2.29 bits per heavy atom. The Hall–Kier alpha value is -1.01. The van der Waals surface area contributed by atoms with Crippen molar-refractivity contribution < 1.29 is 9.18 Å². The first-order valence-corrected chi connectivity index (χ1v) is 8.27. The molecule has 1 atom stereocenters. The van der Waals surface area contributed by atoms with Crippen LogP contribution in [0.1, 0.15) is 23.2 Å². The minimum absolute atomic E-state index is 0.106. The van der Waals surface area contributed by atoms with Gasteiger partial charge in [0.1, 0.15) is 5.82 Å². The maximum atomic E-state index is 13.8. The van der Waals surface area contributed by atoms with Crippen molar-refractivity contribution in [3.05, 3.63) is 57.0 Å². The van der Waals surface area contributed by atoms with Crippen LogP contribution in [0.25, 0.3) is 0 Å². The molecule has 110 valence electrons. The number of hydrogen-bond donors (Lipinski definition) is 0. The summed E-state index contributed by atoms with van der Waals surface area (Å²) in [6.07, 6.45) is 7.98. The summed E-state index contributed by atoms with van der Waals surface area (Å²) in [6.45, 7) is 2.66. The zero-order valence-corrected chi connectivity index (χ0v) is 13.8. The largest absolute Gasteiger partial charge is 0.298 e. The molecule has 1 heterocycles. The van der Waals surface area contributed by atoms with Gasteiger partial charge in [-0.15, -0.1) is 0 Å². The van der Waals surface area contributed by atoms with Gasteiger partial charge >= 0.3 is 0 Å². The molecule has 0 amide bonds. The van der Waals surface area contributed by atoms with Crippen molar-refractivity contribution >= 4 is 28.4 Å². The van der Waals surface area contributed by atoms with Gasteiger partial charge in [-0.2, -0.15) is 0 Å². The van der Waals surface area contributed by atoms with E-state index in [1.165, 1.54) is 11.6 Å². The summed E-state index contributed by atoms with van der Waals surface area (Å²) >= 11 is 2.04. The third-order valence-corrected chi connectivity index (χ3v) is 4.83. The summed E-state index contributed by atoms with van der Waals surface area (Å²) in [5.74, 6) is 0.0971. The number of benzene rings is 1. The topological polar surface area (TPSA) is 20.3 Å². The fraction of sp³-hybridized carbons (Fsp3) is 0.353. The molecular weight excluding hydrogens is 380 g/mol. The zero-order chi connectivity index (χ0) is 14.8. The molecule has 1 unspecified atom stereocenters. The standard InChI is InChI=1S/C17H17FINO/c18-16-9-14(19)5-6-15(16)17(21)7-8-20-10-12-3-1-2-4-13(12)11-20/h1-3,5-6,9,13H,4,7-8,10-11H2. The van der Waals surface area contributed by atoms with Gasteiger partial charge in [-0.3, -0.25) is 9.69 Å². The first kappa shape index (κ1) is 14.9. The van der Waals surface area contributed by atoms with Gasteiger partial charge in [0.2, 0.25) is 0 Å². The van der Waals surface area contributed by atoms with Gasteiger partial charge in [-0.25, -0.2) is 4.39 Å². The van der Waals surface area contributed by atoms with Crippen LogP contribution in [0.2, 0.25) is 0 Å². The highest BCUT2D eigenvalue weighted by Gasteiger charge is 2.27. The predicted octanol–water partition coefficient (Wildman–Crippen LogP) is 3.82. The van der Waals surface area contributed by atoms with E-state index in [0.717, 1.165) is 23.1 Å². The molecule has 21 heavy (non-hydrogen) atoms. The lowest BCUT2D eigenvalue weighted by molar-refractivity contribution is 0.0964. The molecule has 0 spiro atoms. The van der Waals surface area contributed by atoms with Crippen LogP contribution in [0.5, 0.6) is 0 Å². The minimum Gasteiger partial charge on any atom is -0.298 e. The Morgan fingerprint density at radius 1 is 1.43 bits per heavy atom. The average Bonchev–Trinajstić information content (AvgIpc) is 2.87. The molecule has 0 radical (unpaired) electrons. The van der Waals surface area contributed by atoms with Gasteiger partial charge in [-0.1, -0.05) is 23.8 Å². The van der Waals surface area contributed by atoms with Gasteiger partial charge < -0.3 is 0 Å². The van der Waals surface area contributed by atoms with E-state index >= 15 is 0 Å². The Labute approximate surface area is 137 Å². The van der Waals surface area contributed by atoms with Crippen molar-refractivity contribution in [2.45, 2.75) is 12.8 Å². The highest BCUT2D eigenvalue weighted by Crippen LogP contribution is 2.28. The summed E-state index contributed by atoms with van der Waals surface area (Å²) in [5.41, 5.74) is 1.68. The number of hydrogen-bond acceptors (Lipinski definition) is 2. The number of likely N-dealkylation sites (tertiary alicyclic amines) is 1. The van der Waals surface area contributed by atoms with Crippen LogP contribution in [-0.2, 0) is 0 Å². The normalized spacial score (nSPS) is 21.2. The summed E-state index contributed by atoms with van der Waals surface area (Å²) < 4.78 is 14.6. The average molecular weight is 397 g/mol. The second-order valence-electron chi connectivity index (χ2n) is 5.63. The number of nitrogens with zero attached hydrogens (tertiary/aromatic N) is 1. The third kappa shape index (κ3) is 3.43. The lowest BCUT2D eigenvalue weighted by atomic mass is 9.95. The van der Waals surface area contributed by atoms with E-state index in [1.54, 1.807) is 12.1 Å². The maximum absolute atomic E-state index is 13.8. The van der Waals surface area contributed by atoms with Gasteiger partial charge in [0.05, 0.1) is 5.56 Å². The van der Waals surface area contributed by atoms with E-state index in [-0.39, 0.29) is 11.3 Å². The van der Waals surface area contributed by atoms with Crippen molar-refractivity contribution in [2.24, 2.45) is 5.92 Å². The molecular formula is C17H17FINO. The van der Waals surface area contributed by atoms with Crippen molar-refractivity contribution in [3.8, 4) is 0 Å². The summed E-state index contributed by atoms with van der Waals surface area (Å²) in [7, 11) is 0. The number of carbonyl (C=O) groups excluding carboxylic acids is 1. The molecule has 1 saturated heterocycles. The number of halogens is 2. The van der Waals surface area contributed by atoms with E-state index in [0.29, 0.717) is 18.9 Å². The number of carbonyl (C=O) groups is 1. The molecule has 1 aromatic rings. The molecule has 0 aromatic heterocycles. The molecule has 0 bridgehead atoms. The Balaban J connectivity index is 1.57. The second kappa shape index (κ2) is 6.40. The smallest absolute Gasteiger partial charge is 0.167 e. The maximum Gasteiger partial charge on any atom is 0.167 e. The highest BCUT2D eigenvalue weighted by molar-refractivity contribution is 14.1. The molecule has 1 fully saturated rings. The molecule has 4 heteroatoms. The molecule has 2 nitrogen and oxygen atoms in total. The number of allylic oxidation sites excluding steroid dienone is 3. The van der Waals surface area contributed by atoms with E-state index in [2.05, 4.69) is 23.1 Å². The SMILES string of the molecule is O=C(CCN1CC2=CC=CCC2C1)c1ccc(I)cc1F. The van der Waals surface area contributed by atoms with E-state index in [9.17, 15) is 9.18 Å². The molecule has 1 aromatic carbocycles. The van der Waals surface area contributed by atoms with Gasteiger partial charge in [0, 0.05) is 29.6 Å². The monoisotopic (exact) mass is 397 g/mol. The van der Waals surface area contributed by atoms with E-state index < -0.39 is 5.82 Å². The summed E-state index contributed by atoms with van der Waals surface area (Å²) in [5, 5.41) is 0. The van der Waals surface area contributed by atoms with Crippen LogP contribution in [-0.4, -0.2) is 30.3 Å². The van der Waals surface area contributed by atoms with Crippen LogP contribution in [0.3, 0.4) is 0 Å². The second-order valence-corrected chi connectivity index (χ2v) is 6.88. The Kier molecular flexibility index (Phi) is 4.54. The first-order valence-electron chi connectivity index (χ1n) is 7.19. The lowest BCUT2D eigenvalue weighted by Gasteiger charge is -2.14. The van der Waals surface area contributed by atoms with Crippen LogP contribution >= 0.6 is 22.6 Å². The van der Waals surface area contributed by atoms with Crippen LogP contribution in [0.4, 0.5) is 4.39 Å². The van der Waals surface area contributed by atoms with Crippen molar-refractivity contribution in [3.63, 3.8) is 0 Å². The molecule has 3 rings (SSSR count). The van der Waals surface area contributed by atoms with Crippen molar-refractivity contribution in [1.29, 1.82) is 0 Å². The van der Waals surface area contributed by atoms with E-state index in [1.807, 2.05) is 22.6 Å². The van der Waals surface area contributed by atoms with Crippen LogP contribution in [0.15, 0.2) is 42.0 Å². The fourth-order valence-electron chi connectivity index (χ4n) is 3.01. The minimum atomic E-state index is -0.408. The fourth-order valence-corrected chi connectivity index (χ4v) is 3.46. The van der Waals surface area contributed by atoms with Gasteiger partial charge in [-0.05, 0) is 53.1 Å². The van der Waals surface area contributed by atoms with Gasteiger partial charge in [0.15, 0.2) is 5.78 Å². The zero-order valence-electron chi connectivity index (χ0n) is 11.7. The predicted molar refractivity (Wildman–Crippen MR) is 89.8 cm³/mol. The number of fused-ring (bicyclic) bond motifs is 1. The first-order chi connectivity index (χ1) is 10.1. The summed E-state index contributed by atoms with van der Waals surface area (Å²) in [6, 6.07) is 4.78. The van der Waals surface area contributed by atoms with Crippen LogP contribution in [0, 0.1) is 15.3 Å². The molecule has 1 aliphatic heterocycles. The van der Waals surface area contributed by atoms with Crippen LogP contribution < -0.4 is 0 Å². The van der Waals surface area contributed by atoms with Gasteiger partial charge in [0.25, 0.3) is 0 Å². The lowest BCUT2D eigenvalue weighted by Crippen LogP contribution is -2.24. The van der Waals surface area contributed by atoms with E-state index in [4.69, 9.17) is 0 Å². The third-order valence-electron chi connectivity index (χ3n) is 4.16. The Morgan fingerprint density at radius 3 is 3.05 bits per heavy atom. The number of rotatable bonds is 4. The highest BCUT2D eigenvalue weighted by atomic mass is 127. The van der Waals surface area contributed by atoms with Crippen molar-refractivity contribution in [2.75, 3.05) is 19.6 Å². The molecule has 0 saturated carbocycles. The molecule has 0 N–H and O–H groups in total. The molecule has 2 aliphatic rings. The summed E-state index contributed by atoms with van der Waals surface area (Å²) in [4.78, 5) is 14.4. The quantitative estimate of drug-likeness (QED) is 0.569. The van der Waals surface area contributed by atoms with Crippen molar-refractivity contribution in [1.82, 2.24) is 4.90 Å². The number of Topliss-reactive ketones (excluding diaryl/α,β-unsaturated/α-hetero) is 1. The molecule has 1 aliphatic carbocycles.